The molecule has 1 fully saturated rings. The molecule has 0 spiro atoms. The highest BCUT2D eigenvalue weighted by Crippen LogP contribution is 2.37. The molecule has 1 aliphatic heterocycles. The molecule has 154 valence electrons. The molecule has 0 saturated carbocycles. The molecule has 0 amide bonds. The van der Waals surface area contributed by atoms with Crippen LogP contribution in [0.25, 0.3) is 0 Å². The van der Waals surface area contributed by atoms with Gasteiger partial charge in [0.25, 0.3) is 0 Å². The second-order valence-electron chi connectivity index (χ2n) is 9.04. The van der Waals surface area contributed by atoms with Gasteiger partial charge >= 0.3 is 0 Å². The molecule has 1 saturated heterocycles. The number of anilines is 1. The zero-order valence-corrected chi connectivity index (χ0v) is 19.1. The maximum Gasteiger partial charge on any atom is 0.192 e. The van der Waals surface area contributed by atoms with E-state index in [1.165, 1.54) is 5.69 Å². The van der Waals surface area contributed by atoms with E-state index in [1.54, 1.807) is 7.11 Å². The third kappa shape index (κ3) is 5.94. The van der Waals surface area contributed by atoms with Gasteiger partial charge in [0, 0.05) is 32.7 Å². The van der Waals surface area contributed by atoms with E-state index in [0.29, 0.717) is 6.54 Å². The highest BCUT2D eigenvalue weighted by Gasteiger charge is 2.39. The average Bonchev–Trinajstić information content (AvgIpc) is 2.61. The minimum atomic E-state index is -1.78. The molecule has 1 aromatic carbocycles. The zero-order chi connectivity index (χ0) is 20.1. The Labute approximate surface area is 166 Å². The lowest BCUT2D eigenvalue weighted by Gasteiger charge is -2.42. The number of piperazine rings is 1. The standard InChI is InChI=1S/C21H39N3O2Si/c1-21(2,3)27(5,6)26-18(11-12-22)17-23-13-15-24(16-14-23)19-9-7-8-10-20(19)25-4/h7-10,18H,11-17,22H2,1-6H3. The first kappa shape index (κ1) is 22.2. The van der Waals surface area contributed by atoms with Crippen LogP contribution in [0.5, 0.6) is 5.75 Å². The van der Waals surface area contributed by atoms with E-state index in [9.17, 15) is 0 Å². The van der Waals surface area contributed by atoms with Crippen molar-refractivity contribution in [3.63, 3.8) is 0 Å². The normalized spacial score (nSPS) is 17.8. The zero-order valence-electron chi connectivity index (χ0n) is 18.1. The fourth-order valence-corrected chi connectivity index (χ4v) is 4.70. The van der Waals surface area contributed by atoms with Crippen LogP contribution in [0.3, 0.4) is 0 Å². The van der Waals surface area contributed by atoms with E-state index in [1.807, 2.05) is 12.1 Å². The van der Waals surface area contributed by atoms with E-state index in [0.717, 1.165) is 44.9 Å². The second kappa shape index (κ2) is 9.41. The largest absolute Gasteiger partial charge is 0.495 e. The average molecular weight is 394 g/mol. The molecule has 0 bridgehead atoms. The first-order valence-corrected chi connectivity index (χ1v) is 13.1. The van der Waals surface area contributed by atoms with E-state index < -0.39 is 8.32 Å². The van der Waals surface area contributed by atoms with E-state index in [4.69, 9.17) is 14.9 Å². The van der Waals surface area contributed by atoms with Crippen molar-refractivity contribution in [2.24, 2.45) is 5.73 Å². The number of methoxy groups -OCH3 is 1. The van der Waals surface area contributed by atoms with Crippen molar-refractivity contribution in [1.29, 1.82) is 0 Å². The van der Waals surface area contributed by atoms with Gasteiger partial charge in [0.15, 0.2) is 8.32 Å². The van der Waals surface area contributed by atoms with Crippen LogP contribution in [0.15, 0.2) is 24.3 Å². The summed E-state index contributed by atoms with van der Waals surface area (Å²) in [5, 5.41) is 0.225. The molecule has 0 aliphatic carbocycles. The third-order valence-electron chi connectivity index (χ3n) is 6.02. The number of benzene rings is 1. The lowest BCUT2D eigenvalue weighted by atomic mass is 10.2. The summed E-state index contributed by atoms with van der Waals surface area (Å²) < 4.78 is 12.2. The van der Waals surface area contributed by atoms with E-state index in [2.05, 4.69) is 55.8 Å². The molecule has 1 aromatic rings. The van der Waals surface area contributed by atoms with Gasteiger partial charge in [-0.25, -0.2) is 0 Å². The van der Waals surface area contributed by atoms with Crippen molar-refractivity contribution in [1.82, 2.24) is 4.90 Å². The van der Waals surface area contributed by atoms with Crippen molar-refractivity contribution >= 4 is 14.0 Å². The lowest BCUT2D eigenvalue weighted by molar-refractivity contribution is 0.111. The van der Waals surface area contributed by atoms with Crippen molar-refractivity contribution in [2.75, 3.05) is 51.3 Å². The van der Waals surface area contributed by atoms with E-state index in [-0.39, 0.29) is 11.1 Å². The Balaban J connectivity index is 1.94. The first-order chi connectivity index (χ1) is 12.7. The van der Waals surface area contributed by atoms with Gasteiger partial charge in [0.05, 0.1) is 18.9 Å². The second-order valence-corrected chi connectivity index (χ2v) is 13.8. The Bertz CT molecular complexity index is 581. The van der Waals surface area contributed by atoms with Crippen LogP contribution in [0, 0.1) is 0 Å². The molecule has 6 heteroatoms. The van der Waals surface area contributed by atoms with Gasteiger partial charge in [-0.3, -0.25) is 4.90 Å². The van der Waals surface area contributed by atoms with Crippen molar-refractivity contribution in [3.8, 4) is 5.75 Å². The molecule has 1 atom stereocenters. The van der Waals surface area contributed by atoms with Crippen LogP contribution in [0.4, 0.5) is 5.69 Å². The molecule has 2 N–H and O–H groups in total. The fraction of sp³-hybridized carbons (Fsp3) is 0.714. The van der Waals surface area contributed by atoms with Crippen LogP contribution in [0.1, 0.15) is 27.2 Å². The number of rotatable bonds is 8. The molecule has 2 rings (SSSR count). The highest BCUT2D eigenvalue weighted by atomic mass is 28.4. The quantitative estimate of drug-likeness (QED) is 0.685. The molecule has 1 heterocycles. The van der Waals surface area contributed by atoms with Crippen LogP contribution in [0.2, 0.25) is 18.1 Å². The summed E-state index contributed by atoms with van der Waals surface area (Å²) in [5.41, 5.74) is 7.08. The van der Waals surface area contributed by atoms with E-state index >= 15 is 0 Å². The molecular weight excluding hydrogens is 354 g/mol. The van der Waals surface area contributed by atoms with Gasteiger partial charge in [-0.15, -0.1) is 0 Å². The Hall–Kier alpha value is -1.08. The number of hydrogen-bond donors (Lipinski definition) is 1. The summed E-state index contributed by atoms with van der Waals surface area (Å²) in [6, 6.07) is 8.28. The van der Waals surface area contributed by atoms with Gasteiger partial charge in [0.2, 0.25) is 0 Å². The van der Waals surface area contributed by atoms with Crippen molar-refractivity contribution in [2.45, 2.75) is 51.4 Å². The fourth-order valence-electron chi connectivity index (χ4n) is 3.32. The Morgan fingerprint density at radius 1 is 1.11 bits per heavy atom. The lowest BCUT2D eigenvalue weighted by Crippen LogP contribution is -2.52. The smallest absolute Gasteiger partial charge is 0.192 e. The number of nitrogens with two attached hydrogens (primary N) is 1. The molecular formula is C21H39N3O2Si. The summed E-state index contributed by atoms with van der Waals surface area (Å²) >= 11 is 0. The monoisotopic (exact) mass is 393 g/mol. The Kier molecular flexibility index (Phi) is 7.74. The number of para-hydroxylation sites is 2. The minimum absolute atomic E-state index is 0.225. The molecule has 1 unspecified atom stereocenters. The number of nitrogens with zero attached hydrogens (tertiary/aromatic N) is 2. The van der Waals surface area contributed by atoms with Gasteiger partial charge in [-0.2, -0.15) is 0 Å². The molecule has 5 nitrogen and oxygen atoms in total. The SMILES string of the molecule is COc1ccccc1N1CCN(CC(CCN)O[Si](C)(C)C(C)(C)C)CC1. The van der Waals surface area contributed by atoms with Crippen LogP contribution >= 0.6 is 0 Å². The Morgan fingerprint density at radius 2 is 1.74 bits per heavy atom. The van der Waals surface area contributed by atoms with Crippen LogP contribution in [-0.2, 0) is 4.43 Å². The maximum atomic E-state index is 6.68. The minimum Gasteiger partial charge on any atom is -0.495 e. The van der Waals surface area contributed by atoms with Crippen molar-refractivity contribution < 1.29 is 9.16 Å². The van der Waals surface area contributed by atoms with Crippen molar-refractivity contribution in [3.05, 3.63) is 24.3 Å². The van der Waals surface area contributed by atoms with Crippen LogP contribution in [-0.4, -0.2) is 65.7 Å². The maximum absolute atomic E-state index is 6.68. The Morgan fingerprint density at radius 3 is 2.30 bits per heavy atom. The summed E-state index contributed by atoms with van der Waals surface area (Å²) in [5.74, 6) is 0.952. The van der Waals surface area contributed by atoms with Gasteiger partial charge in [-0.1, -0.05) is 32.9 Å². The van der Waals surface area contributed by atoms with Gasteiger partial charge in [-0.05, 0) is 43.2 Å². The molecule has 1 aliphatic rings. The third-order valence-corrected chi connectivity index (χ3v) is 10.6. The van der Waals surface area contributed by atoms with Gasteiger partial charge in [0.1, 0.15) is 5.75 Å². The molecule has 0 radical (unpaired) electrons. The summed E-state index contributed by atoms with van der Waals surface area (Å²) in [7, 11) is -0.0367. The summed E-state index contributed by atoms with van der Waals surface area (Å²) in [6.45, 7) is 17.3. The predicted molar refractivity (Wildman–Crippen MR) is 117 cm³/mol. The van der Waals surface area contributed by atoms with Crippen LogP contribution < -0.4 is 15.4 Å². The topological polar surface area (TPSA) is 51.0 Å². The summed E-state index contributed by atoms with van der Waals surface area (Å²) in [6.07, 6.45) is 1.16. The summed E-state index contributed by atoms with van der Waals surface area (Å²) in [4.78, 5) is 4.95. The first-order valence-electron chi connectivity index (χ1n) is 10.2. The predicted octanol–water partition coefficient (Wildman–Crippen LogP) is 3.56. The molecule has 0 aromatic heterocycles. The number of ether oxygens (including phenoxy) is 1. The van der Waals surface area contributed by atoms with Gasteiger partial charge < -0.3 is 19.8 Å². The highest BCUT2D eigenvalue weighted by molar-refractivity contribution is 6.74. The number of hydrogen-bond acceptors (Lipinski definition) is 5. The molecule has 27 heavy (non-hydrogen) atoms.